The molecule has 0 aliphatic heterocycles. The van der Waals surface area contributed by atoms with E-state index in [0.29, 0.717) is 6.54 Å². The molecule has 4 nitrogen and oxygen atoms in total. The molecule has 20 heavy (non-hydrogen) atoms. The van der Waals surface area contributed by atoms with Crippen LogP contribution in [-0.4, -0.2) is 30.2 Å². The topological polar surface area (TPSA) is 75.3 Å². The first kappa shape index (κ1) is 19.4. The highest BCUT2D eigenvalue weighted by molar-refractivity contribution is 5.76. The summed E-state index contributed by atoms with van der Waals surface area (Å²) >= 11 is 0. The van der Waals surface area contributed by atoms with Crippen molar-refractivity contribution < 1.29 is 9.90 Å². The maximum atomic E-state index is 11.1. The van der Waals surface area contributed by atoms with E-state index in [1.807, 2.05) is 6.92 Å². The average molecular weight is 286 g/mol. The molecule has 2 atom stereocenters. The quantitative estimate of drug-likeness (QED) is 0.430. The van der Waals surface area contributed by atoms with Gasteiger partial charge in [0.25, 0.3) is 0 Å². The Morgan fingerprint density at radius 3 is 2.40 bits per heavy atom. The third-order valence-electron chi connectivity index (χ3n) is 3.82. The van der Waals surface area contributed by atoms with E-state index in [4.69, 9.17) is 5.73 Å². The van der Waals surface area contributed by atoms with Gasteiger partial charge in [-0.15, -0.1) is 0 Å². The molecule has 0 aliphatic rings. The monoisotopic (exact) mass is 286 g/mol. The molecule has 2 unspecified atom stereocenters. The van der Waals surface area contributed by atoms with Gasteiger partial charge in [-0.2, -0.15) is 0 Å². The lowest BCUT2D eigenvalue weighted by Gasteiger charge is -2.11. The molecule has 0 saturated carbocycles. The fourth-order valence-electron chi connectivity index (χ4n) is 2.35. The summed E-state index contributed by atoms with van der Waals surface area (Å²) in [6.07, 6.45) is 9.26. The van der Waals surface area contributed by atoms with E-state index in [0.717, 1.165) is 57.9 Å². The molecule has 0 spiro atoms. The number of nitrogens with two attached hydrogens (primary N) is 1. The zero-order chi connectivity index (χ0) is 15.2. The lowest BCUT2D eigenvalue weighted by atomic mass is 9.98. The van der Waals surface area contributed by atoms with Gasteiger partial charge >= 0.3 is 0 Å². The van der Waals surface area contributed by atoms with E-state index in [1.54, 1.807) is 0 Å². The normalized spacial score (nSPS) is 14.2. The van der Waals surface area contributed by atoms with Crippen molar-refractivity contribution in [3.05, 3.63) is 0 Å². The molecule has 0 aromatic heterocycles. The van der Waals surface area contributed by atoms with Crippen LogP contribution in [0.5, 0.6) is 0 Å². The number of amides is 1. The summed E-state index contributed by atoms with van der Waals surface area (Å²) in [5, 5.41) is 13.0. The van der Waals surface area contributed by atoms with E-state index in [9.17, 15) is 9.90 Å². The largest absolute Gasteiger partial charge is 0.392 e. The minimum atomic E-state index is -0.198. The summed E-state index contributed by atoms with van der Waals surface area (Å²) < 4.78 is 0. The van der Waals surface area contributed by atoms with Gasteiger partial charge in [0.1, 0.15) is 0 Å². The van der Waals surface area contributed by atoms with E-state index in [2.05, 4.69) is 12.2 Å². The highest BCUT2D eigenvalue weighted by Gasteiger charge is 2.11. The second-order valence-corrected chi connectivity index (χ2v) is 5.71. The molecule has 0 aliphatic carbocycles. The number of unbranched alkanes of at least 4 members (excludes halogenated alkanes) is 4. The van der Waals surface area contributed by atoms with Gasteiger partial charge in [0.05, 0.1) is 6.10 Å². The first-order valence-electron chi connectivity index (χ1n) is 8.29. The highest BCUT2D eigenvalue weighted by Crippen LogP contribution is 2.13. The van der Waals surface area contributed by atoms with Crippen LogP contribution in [0.15, 0.2) is 0 Å². The van der Waals surface area contributed by atoms with Gasteiger partial charge in [0, 0.05) is 12.5 Å². The first-order valence-corrected chi connectivity index (χ1v) is 8.29. The van der Waals surface area contributed by atoms with Crippen molar-refractivity contribution in [2.24, 2.45) is 11.7 Å². The zero-order valence-electron chi connectivity index (χ0n) is 13.4. The first-order chi connectivity index (χ1) is 9.61. The van der Waals surface area contributed by atoms with Gasteiger partial charge in [-0.3, -0.25) is 4.79 Å². The second kappa shape index (κ2) is 13.4. The summed E-state index contributed by atoms with van der Waals surface area (Å²) in [4.78, 5) is 11.1. The minimum Gasteiger partial charge on any atom is -0.392 e. The number of aliphatic hydroxyl groups excluding tert-OH is 1. The molecule has 0 aromatic carbocycles. The molecular weight excluding hydrogens is 252 g/mol. The Morgan fingerprint density at radius 2 is 1.80 bits per heavy atom. The molecule has 0 radical (unpaired) electrons. The number of rotatable bonds is 14. The second-order valence-electron chi connectivity index (χ2n) is 5.71. The van der Waals surface area contributed by atoms with Crippen LogP contribution in [0.4, 0.5) is 0 Å². The predicted octanol–water partition coefficient (Wildman–Crippen LogP) is 2.59. The Bertz CT molecular complexity index is 235. The number of nitrogens with one attached hydrogen (secondary N) is 1. The van der Waals surface area contributed by atoms with Crippen molar-refractivity contribution in [3.8, 4) is 0 Å². The van der Waals surface area contributed by atoms with Crippen LogP contribution in [0, 0.1) is 5.92 Å². The Labute approximate surface area is 124 Å². The molecule has 4 heteroatoms. The van der Waals surface area contributed by atoms with Gasteiger partial charge in [-0.05, 0) is 32.2 Å². The molecule has 4 N–H and O–H groups in total. The number of carbonyl (C=O) groups excluding carboxylic acids is 1. The maximum absolute atomic E-state index is 11.1. The number of carbonyl (C=O) groups is 1. The summed E-state index contributed by atoms with van der Waals surface area (Å²) in [5.74, 6) is -0.0999. The lowest BCUT2D eigenvalue weighted by Crippen LogP contribution is -2.27. The van der Waals surface area contributed by atoms with Crippen molar-refractivity contribution in [3.63, 3.8) is 0 Å². The fourth-order valence-corrected chi connectivity index (χ4v) is 2.35. The molecule has 0 heterocycles. The Hall–Kier alpha value is -0.610. The summed E-state index contributed by atoms with van der Waals surface area (Å²) in [6, 6.07) is 0. The molecule has 0 rings (SSSR count). The van der Waals surface area contributed by atoms with Crippen molar-refractivity contribution in [2.45, 2.75) is 77.7 Å². The summed E-state index contributed by atoms with van der Waals surface area (Å²) in [7, 11) is 0. The Balaban J connectivity index is 3.30. The van der Waals surface area contributed by atoms with Crippen molar-refractivity contribution in [2.75, 3.05) is 13.1 Å². The van der Waals surface area contributed by atoms with Gasteiger partial charge < -0.3 is 16.2 Å². The van der Waals surface area contributed by atoms with Crippen LogP contribution >= 0.6 is 0 Å². The fraction of sp³-hybridized carbons (Fsp3) is 0.938. The number of primary amides is 1. The van der Waals surface area contributed by atoms with Crippen molar-refractivity contribution >= 4 is 5.91 Å². The van der Waals surface area contributed by atoms with E-state index in [-0.39, 0.29) is 17.9 Å². The van der Waals surface area contributed by atoms with Gasteiger partial charge in [-0.25, -0.2) is 0 Å². The van der Waals surface area contributed by atoms with Crippen molar-refractivity contribution in [1.82, 2.24) is 5.32 Å². The van der Waals surface area contributed by atoms with Crippen LogP contribution in [0.2, 0.25) is 0 Å². The van der Waals surface area contributed by atoms with Gasteiger partial charge in [-0.1, -0.05) is 46.0 Å². The van der Waals surface area contributed by atoms with E-state index < -0.39 is 0 Å². The summed E-state index contributed by atoms with van der Waals surface area (Å²) in [5.41, 5.74) is 5.32. The van der Waals surface area contributed by atoms with Crippen LogP contribution in [0.25, 0.3) is 0 Å². The van der Waals surface area contributed by atoms with E-state index >= 15 is 0 Å². The molecule has 0 fully saturated rings. The molecule has 0 saturated heterocycles. The minimum absolute atomic E-state index is 0.0573. The molecule has 120 valence electrons. The molecule has 1 amide bonds. The predicted molar refractivity (Wildman–Crippen MR) is 84.5 cm³/mol. The molecule has 0 bridgehead atoms. The number of hydrogen-bond acceptors (Lipinski definition) is 3. The van der Waals surface area contributed by atoms with Gasteiger partial charge in [0.2, 0.25) is 5.91 Å². The van der Waals surface area contributed by atoms with Gasteiger partial charge in [0.15, 0.2) is 0 Å². The van der Waals surface area contributed by atoms with Crippen LogP contribution in [0.3, 0.4) is 0 Å². The molecule has 0 aromatic rings. The number of hydrogen-bond donors (Lipinski definition) is 3. The maximum Gasteiger partial charge on any atom is 0.220 e. The highest BCUT2D eigenvalue weighted by atomic mass is 16.3. The zero-order valence-corrected chi connectivity index (χ0v) is 13.4. The van der Waals surface area contributed by atoms with Crippen LogP contribution in [0.1, 0.15) is 71.6 Å². The Morgan fingerprint density at radius 1 is 1.10 bits per heavy atom. The Kier molecular flexibility index (Phi) is 13.0. The SMILES string of the molecule is CCCCC(O)CNCCCCCCC(CC)C(N)=O. The van der Waals surface area contributed by atoms with E-state index in [1.165, 1.54) is 6.42 Å². The van der Waals surface area contributed by atoms with Crippen molar-refractivity contribution in [1.29, 1.82) is 0 Å². The molecular formula is C16H34N2O2. The van der Waals surface area contributed by atoms with Crippen LogP contribution < -0.4 is 11.1 Å². The average Bonchev–Trinajstić information content (AvgIpc) is 2.43. The number of aliphatic hydroxyl groups is 1. The third-order valence-corrected chi connectivity index (χ3v) is 3.82. The van der Waals surface area contributed by atoms with Crippen LogP contribution in [-0.2, 0) is 4.79 Å². The standard InChI is InChI=1S/C16H34N2O2/c1-3-5-11-15(19)13-18-12-9-7-6-8-10-14(4-2)16(17)20/h14-15,18-19H,3-13H2,1-2H3,(H2,17,20). The smallest absolute Gasteiger partial charge is 0.220 e. The lowest BCUT2D eigenvalue weighted by molar-refractivity contribution is -0.122. The third kappa shape index (κ3) is 11.2. The summed E-state index contributed by atoms with van der Waals surface area (Å²) in [6.45, 7) is 5.83.